The van der Waals surface area contributed by atoms with Crippen molar-refractivity contribution in [1.82, 2.24) is 14.9 Å². The van der Waals surface area contributed by atoms with Gasteiger partial charge in [0.2, 0.25) is 5.91 Å². The third-order valence-electron chi connectivity index (χ3n) is 3.42. The van der Waals surface area contributed by atoms with E-state index in [9.17, 15) is 4.79 Å². The van der Waals surface area contributed by atoms with Crippen molar-refractivity contribution in [2.45, 2.75) is 12.5 Å². The quantitative estimate of drug-likeness (QED) is 0.923. The summed E-state index contributed by atoms with van der Waals surface area (Å²) in [6, 6.07) is 1.97. The summed E-state index contributed by atoms with van der Waals surface area (Å²) in [5, 5.41) is 3.97. The van der Waals surface area contributed by atoms with Gasteiger partial charge in [0.15, 0.2) is 0 Å². The van der Waals surface area contributed by atoms with Crippen molar-refractivity contribution in [3.05, 3.63) is 40.5 Å². The van der Waals surface area contributed by atoms with Crippen LogP contribution in [0, 0.1) is 0 Å². The summed E-state index contributed by atoms with van der Waals surface area (Å²) in [5.41, 5.74) is 7.48. The van der Waals surface area contributed by atoms with Crippen molar-refractivity contribution in [2.75, 3.05) is 25.4 Å². The first-order chi connectivity index (χ1) is 10.2. The molecule has 1 fully saturated rings. The predicted octanol–water partition coefficient (Wildman–Crippen LogP) is 1.26. The van der Waals surface area contributed by atoms with Crippen LogP contribution in [0.2, 0.25) is 0 Å². The molecule has 1 aliphatic heterocycles. The molecule has 6 nitrogen and oxygen atoms in total. The number of anilines is 1. The minimum atomic E-state index is -0.307. The van der Waals surface area contributed by atoms with Crippen molar-refractivity contribution >= 4 is 23.1 Å². The van der Waals surface area contributed by atoms with Gasteiger partial charge in [-0.3, -0.25) is 9.78 Å². The van der Waals surface area contributed by atoms with Gasteiger partial charge in [0.25, 0.3) is 0 Å². The molecule has 2 N–H and O–H groups in total. The van der Waals surface area contributed by atoms with E-state index in [0.717, 1.165) is 5.56 Å². The number of carbonyl (C=O) groups excluding carboxylic acids is 1. The van der Waals surface area contributed by atoms with E-state index in [-0.39, 0.29) is 12.0 Å². The molecular weight excluding hydrogens is 288 g/mol. The smallest absolute Gasteiger partial charge is 0.227 e. The average Bonchev–Trinajstić information content (AvgIpc) is 3.01. The highest BCUT2D eigenvalue weighted by Gasteiger charge is 2.27. The third kappa shape index (κ3) is 3.20. The van der Waals surface area contributed by atoms with Crippen LogP contribution in [0.4, 0.5) is 5.82 Å². The molecule has 3 rings (SSSR count). The highest BCUT2D eigenvalue weighted by molar-refractivity contribution is 7.07. The molecule has 1 saturated heterocycles. The van der Waals surface area contributed by atoms with Gasteiger partial charge in [-0.1, -0.05) is 0 Å². The average molecular weight is 304 g/mol. The number of hydrogen-bond acceptors (Lipinski definition) is 6. The van der Waals surface area contributed by atoms with E-state index in [1.54, 1.807) is 28.6 Å². The van der Waals surface area contributed by atoms with Crippen LogP contribution in [0.25, 0.3) is 0 Å². The van der Waals surface area contributed by atoms with Gasteiger partial charge in [-0.05, 0) is 22.4 Å². The zero-order valence-corrected chi connectivity index (χ0v) is 12.3. The first-order valence-corrected chi connectivity index (χ1v) is 7.65. The summed E-state index contributed by atoms with van der Waals surface area (Å²) in [4.78, 5) is 22.4. The number of aromatic nitrogens is 2. The van der Waals surface area contributed by atoms with E-state index in [2.05, 4.69) is 9.97 Å². The standard InChI is InChI=1S/C14H16N4O2S/c15-14-13(16-2-3-17-14)11-8-18(4-5-20-11)12(19)7-10-1-6-21-9-10/h1-3,6,9,11H,4-5,7-8H2,(H2,15,17)/t11-/m1/s1. The summed E-state index contributed by atoms with van der Waals surface area (Å²) in [6.45, 7) is 1.54. The van der Waals surface area contributed by atoms with Crippen LogP contribution in [0.3, 0.4) is 0 Å². The summed E-state index contributed by atoms with van der Waals surface area (Å²) in [6.07, 6.45) is 3.24. The number of thiophene rings is 1. The van der Waals surface area contributed by atoms with Gasteiger partial charge in [-0.2, -0.15) is 11.3 Å². The fourth-order valence-electron chi connectivity index (χ4n) is 2.33. The molecule has 2 aromatic heterocycles. The van der Waals surface area contributed by atoms with Crippen LogP contribution in [-0.2, 0) is 16.0 Å². The van der Waals surface area contributed by atoms with E-state index in [0.29, 0.717) is 37.6 Å². The summed E-state index contributed by atoms with van der Waals surface area (Å²) < 4.78 is 5.69. The number of amides is 1. The molecule has 0 unspecified atom stereocenters. The number of morpholine rings is 1. The van der Waals surface area contributed by atoms with E-state index < -0.39 is 0 Å². The largest absolute Gasteiger partial charge is 0.382 e. The molecule has 2 aromatic rings. The molecule has 0 bridgehead atoms. The Bertz CT molecular complexity index is 617. The van der Waals surface area contributed by atoms with Gasteiger partial charge in [-0.25, -0.2) is 4.98 Å². The van der Waals surface area contributed by atoms with Gasteiger partial charge in [0.1, 0.15) is 17.6 Å². The summed E-state index contributed by atoms with van der Waals surface area (Å²) >= 11 is 1.60. The number of carbonyl (C=O) groups is 1. The topological polar surface area (TPSA) is 81.3 Å². The van der Waals surface area contributed by atoms with Gasteiger partial charge in [-0.15, -0.1) is 0 Å². The Hall–Kier alpha value is -1.99. The molecular formula is C14H16N4O2S. The van der Waals surface area contributed by atoms with E-state index >= 15 is 0 Å². The molecule has 0 aromatic carbocycles. The van der Waals surface area contributed by atoms with Crippen molar-refractivity contribution in [2.24, 2.45) is 0 Å². The normalized spacial score (nSPS) is 18.7. The van der Waals surface area contributed by atoms with E-state index in [4.69, 9.17) is 10.5 Å². The molecule has 1 amide bonds. The first kappa shape index (κ1) is 14.0. The summed E-state index contributed by atoms with van der Waals surface area (Å²) in [5.74, 6) is 0.457. The predicted molar refractivity (Wildman–Crippen MR) is 79.7 cm³/mol. The Balaban J connectivity index is 1.68. The molecule has 1 aliphatic rings. The highest BCUT2D eigenvalue weighted by Crippen LogP contribution is 2.24. The maximum absolute atomic E-state index is 12.3. The highest BCUT2D eigenvalue weighted by atomic mass is 32.1. The van der Waals surface area contributed by atoms with Crippen LogP contribution in [-0.4, -0.2) is 40.5 Å². The second kappa shape index (κ2) is 6.19. The number of hydrogen-bond donors (Lipinski definition) is 1. The molecule has 0 radical (unpaired) electrons. The first-order valence-electron chi connectivity index (χ1n) is 6.71. The number of rotatable bonds is 3. The van der Waals surface area contributed by atoms with Gasteiger partial charge in [0.05, 0.1) is 19.6 Å². The molecule has 21 heavy (non-hydrogen) atoms. The summed E-state index contributed by atoms with van der Waals surface area (Å²) in [7, 11) is 0. The molecule has 110 valence electrons. The lowest BCUT2D eigenvalue weighted by molar-refractivity contribution is -0.138. The second-order valence-electron chi connectivity index (χ2n) is 4.83. The van der Waals surface area contributed by atoms with Crippen molar-refractivity contribution < 1.29 is 9.53 Å². The Morgan fingerprint density at radius 1 is 1.48 bits per heavy atom. The third-order valence-corrected chi connectivity index (χ3v) is 4.15. The molecule has 1 atom stereocenters. The lowest BCUT2D eigenvalue weighted by Crippen LogP contribution is -2.43. The van der Waals surface area contributed by atoms with Crippen LogP contribution in [0.5, 0.6) is 0 Å². The van der Waals surface area contributed by atoms with Crippen LogP contribution >= 0.6 is 11.3 Å². The number of ether oxygens (including phenoxy) is 1. The monoisotopic (exact) mass is 304 g/mol. The molecule has 7 heteroatoms. The van der Waals surface area contributed by atoms with Gasteiger partial charge >= 0.3 is 0 Å². The minimum absolute atomic E-state index is 0.101. The Labute approximate surface area is 126 Å². The number of nitrogen functional groups attached to an aromatic ring is 1. The zero-order valence-electron chi connectivity index (χ0n) is 11.4. The second-order valence-corrected chi connectivity index (χ2v) is 5.61. The fraction of sp³-hybridized carbons (Fsp3) is 0.357. The maximum Gasteiger partial charge on any atom is 0.227 e. The van der Waals surface area contributed by atoms with Crippen molar-refractivity contribution in [3.8, 4) is 0 Å². The van der Waals surface area contributed by atoms with E-state index in [1.165, 1.54) is 0 Å². The van der Waals surface area contributed by atoms with Crippen molar-refractivity contribution in [3.63, 3.8) is 0 Å². The molecule has 0 saturated carbocycles. The Kier molecular flexibility index (Phi) is 4.12. The number of nitrogens with zero attached hydrogens (tertiary/aromatic N) is 3. The van der Waals surface area contributed by atoms with Crippen molar-refractivity contribution in [1.29, 1.82) is 0 Å². The van der Waals surface area contributed by atoms with Crippen LogP contribution in [0.1, 0.15) is 17.4 Å². The molecule has 0 spiro atoms. The van der Waals surface area contributed by atoms with Gasteiger partial charge in [0, 0.05) is 18.9 Å². The Morgan fingerprint density at radius 3 is 3.10 bits per heavy atom. The number of nitrogens with two attached hydrogens (primary N) is 1. The zero-order chi connectivity index (χ0) is 14.7. The molecule has 3 heterocycles. The maximum atomic E-state index is 12.3. The fourth-order valence-corrected chi connectivity index (χ4v) is 3.00. The van der Waals surface area contributed by atoms with Crippen LogP contribution < -0.4 is 5.73 Å². The van der Waals surface area contributed by atoms with E-state index in [1.807, 2.05) is 16.8 Å². The SMILES string of the molecule is Nc1nccnc1[C@H]1CN(C(=O)Cc2ccsc2)CCO1. The molecule has 0 aliphatic carbocycles. The minimum Gasteiger partial charge on any atom is -0.382 e. The Morgan fingerprint density at radius 2 is 2.33 bits per heavy atom. The lowest BCUT2D eigenvalue weighted by atomic mass is 10.1. The van der Waals surface area contributed by atoms with Gasteiger partial charge < -0.3 is 15.4 Å². The van der Waals surface area contributed by atoms with Crippen LogP contribution in [0.15, 0.2) is 29.2 Å². The lowest BCUT2D eigenvalue weighted by Gasteiger charge is -2.32.